The molecule has 30 heavy (non-hydrogen) atoms. The van der Waals surface area contributed by atoms with Gasteiger partial charge in [0.25, 0.3) is 5.78 Å². The molecule has 0 aliphatic carbocycles. The topological polar surface area (TPSA) is 115 Å². The predicted molar refractivity (Wildman–Crippen MR) is 117 cm³/mol. The Bertz CT molecular complexity index is 1100. The van der Waals surface area contributed by atoms with Crippen LogP contribution in [0.2, 0.25) is 0 Å². The third kappa shape index (κ3) is 4.64. The molecule has 0 saturated heterocycles. The van der Waals surface area contributed by atoms with Crippen molar-refractivity contribution in [1.29, 1.82) is 0 Å². The molecular weight excluding hydrogens is 380 g/mol. The second kappa shape index (κ2) is 9.19. The summed E-state index contributed by atoms with van der Waals surface area (Å²) in [5, 5.41) is 10.9. The number of anilines is 3. The van der Waals surface area contributed by atoms with Gasteiger partial charge >= 0.3 is 0 Å². The first-order valence-electron chi connectivity index (χ1n) is 9.74. The lowest BCUT2D eigenvalue weighted by atomic mass is 10.1. The van der Waals surface area contributed by atoms with Gasteiger partial charge in [0.2, 0.25) is 11.9 Å². The van der Waals surface area contributed by atoms with Gasteiger partial charge < -0.3 is 21.1 Å². The van der Waals surface area contributed by atoms with E-state index in [1.165, 1.54) is 10.1 Å². The number of benzene rings is 2. The van der Waals surface area contributed by atoms with Crippen molar-refractivity contribution < 1.29 is 4.74 Å². The summed E-state index contributed by atoms with van der Waals surface area (Å²) in [4.78, 5) is 13.2. The molecule has 0 aliphatic rings. The fourth-order valence-electron chi connectivity index (χ4n) is 3.00. The van der Waals surface area contributed by atoms with Gasteiger partial charge in [-0.15, -0.1) is 5.10 Å². The highest BCUT2D eigenvalue weighted by Gasteiger charge is 2.11. The molecule has 0 saturated carbocycles. The normalized spacial score (nSPS) is 11.0. The van der Waals surface area contributed by atoms with Crippen molar-refractivity contribution in [2.75, 3.05) is 43.2 Å². The van der Waals surface area contributed by atoms with Gasteiger partial charge in [-0.2, -0.15) is 19.5 Å². The van der Waals surface area contributed by atoms with E-state index >= 15 is 0 Å². The summed E-state index contributed by atoms with van der Waals surface area (Å²) in [5.74, 6) is 1.65. The molecule has 0 spiro atoms. The van der Waals surface area contributed by atoms with Gasteiger partial charge in [-0.25, -0.2) is 0 Å². The Kier molecular flexibility index (Phi) is 6.00. The average Bonchev–Trinajstić information content (AvgIpc) is 3.21. The SMILES string of the molecule is COCCNc1ccc(CCNc2nc(N)n3nc(-c4ccccc4)nc3n2)cc1. The zero-order valence-corrected chi connectivity index (χ0v) is 16.7. The fraction of sp³-hybridized carbons (Fsp3) is 0.238. The average molecular weight is 404 g/mol. The van der Waals surface area contributed by atoms with E-state index in [1.807, 2.05) is 30.3 Å². The maximum Gasteiger partial charge on any atom is 0.259 e. The van der Waals surface area contributed by atoms with E-state index in [1.54, 1.807) is 7.11 Å². The molecule has 9 nitrogen and oxygen atoms in total. The summed E-state index contributed by atoms with van der Waals surface area (Å²) in [6, 6.07) is 18.0. The molecule has 0 unspecified atom stereocenters. The van der Waals surface area contributed by atoms with Gasteiger partial charge in [0, 0.05) is 31.5 Å². The first-order valence-corrected chi connectivity index (χ1v) is 9.74. The van der Waals surface area contributed by atoms with Gasteiger partial charge in [0.1, 0.15) is 0 Å². The zero-order valence-electron chi connectivity index (χ0n) is 16.7. The molecule has 0 amide bonds. The van der Waals surface area contributed by atoms with E-state index in [-0.39, 0.29) is 5.95 Å². The molecule has 2 aromatic heterocycles. The van der Waals surface area contributed by atoms with E-state index in [0.717, 1.165) is 24.2 Å². The van der Waals surface area contributed by atoms with Gasteiger partial charge in [0.05, 0.1) is 6.61 Å². The van der Waals surface area contributed by atoms with Gasteiger partial charge in [-0.3, -0.25) is 0 Å². The number of nitrogens with zero attached hydrogens (tertiary/aromatic N) is 5. The summed E-state index contributed by atoms with van der Waals surface area (Å²) in [7, 11) is 1.69. The van der Waals surface area contributed by atoms with Crippen molar-refractivity contribution in [3.63, 3.8) is 0 Å². The van der Waals surface area contributed by atoms with E-state index in [4.69, 9.17) is 10.5 Å². The molecule has 0 aliphatic heterocycles. The van der Waals surface area contributed by atoms with Crippen molar-refractivity contribution in [1.82, 2.24) is 24.6 Å². The summed E-state index contributed by atoms with van der Waals surface area (Å²) in [6.45, 7) is 2.14. The molecule has 4 aromatic rings. The van der Waals surface area contributed by atoms with Crippen LogP contribution in [0.4, 0.5) is 17.6 Å². The third-order valence-corrected chi connectivity index (χ3v) is 4.55. The van der Waals surface area contributed by atoms with E-state index < -0.39 is 0 Å². The Balaban J connectivity index is 1.38. The van der Waals surface area contributed by atoms with Crippen molar-refractivity contribution in [3.8, 4) is 11.4 Å². The van der Waals surface area contributed by atoms with Gasteiger partial charge in [-0.05, 0) is 24.1 Å². The number of methoxy groups -OCH3 is 1. The number of nitrogens with two attached hydrogens (primary N) is 1. The summed E-state index contributed by atoms with van der Waals surface area (Å²) < 4.78 is 6.49. The number of aromatic nitrogens is 5. The summed E-state index contributed by atoms with van der Waals surface area (Å²) in [6.07, 6.45) is 0.828. The Morgan fingerprint density at radius 1 is 0.933 bits per heavy atom. The smallest absolute Gasteiger partial charge is 0.259 e. The van der Waals surface area contributed by atoms with Crippen LogP contribution in [0.5, 0.6) is 0 Å². The van der Waals surface area contributed by atoms with Crippen LogP contribution in [-0.2, 0) is 11.2 Å². The lowest BCUT2D eigenvalue weighted by Gasteiger charge is -2.08. The number of nitrogen functional groups attached to an aromatic ring is 1. The highest BCUT2D eigenvalue weighted by molar-refractivity contribution is 5.58. The number of rotatable bonds is 9. The summed E-state index contributed by atoms with van der Waals surface area (Å²) >= 11 is 0. The zero-order chi connectivity index (χ0) is 20.8. The van der Waals surface area contributed by atoms with Crippen LogP contribution in [0, 0.1) is 0 Å². The van der Waals surface area contributed by atoms with Crippen LogP contribution in [0.15, 0.2) is 54.6 Å². The molecular formula is C21H24N8O. The number of hydrogen-bond donors (Lipinski definition) is 3. The maximum absolute atomic E-state index is 6.05. The lowest BCUT2D eigenvalue weighted by molar-refractivity contribution is 0.211. The highest BCUT2D eigenvalue weighted by Crippen LogP contribution is 2.17. The molecule has 9 heteroatoms. The second-order valence-electron chi connectivity index (χ2n) is 6.71. The van der Waals surface area contributed by atoms with Gasteiger partial charge in [0.15, 0.2) is 5.82 Å². The van der Waals surface area contributed by atoms with Crippen LogP contribution in [0.25, 0.3) is 17.2 Å². The summed E-state index contributed by atoms with van der Waals surface area (Å²) in [5.41, 5.74) is 9.24. The van der Waals surface area contributed by atoms with Crippen molar-refractivity contribution >= 4 is 23.4 Å². The lowest BCUT2D eigenvalue weighted by Crippen LogP contribution is -2.12. The van der Waals surface area contributed by atoms with Crippen LogP contribution in [0.1, 0.15) is 5.56 Å². The Morgan fingerprint density at radius 3 is 2.50 bits per heavy atom. The minimum Gasteiger partial charge on any atom is -0.383 e. The van der Waals surface area contributed by atoms with Crippen LogP contribution in [-0.4, -0.2) is 51.4 Å². The molecule has 0 bridgehead atoms. The van der Waals surface area contributed by atoms with E-state index in [0.29, 0.717) is 30.7 Å². The number of ether oxygens (including phenoxy) is 1. The quantitative estimate of drug-likeness (QED) is 0.365. The largest absolute Gasteiger partial charge is 0.383 e. The number of fused-ring (bicyclic) bond motifs is 1. The maximum atomic E-state index is 6.05. The van der Waals surface area contributed by atoms with Crippen LogP contribution < -0.4 is 16.4 Å². The van der Waals surface area contributed by atoms with Gasteiger partial charge in [-0.1, -0.05) is 42.5 Å². The highest BCUT2D eigenvalue weighted by atomic mass is 16.5. The van der Waals surface area contributed by atoms with Crippen LogP contribution >= 0.6 is 0 Å². The molecule has 0 fully saturated rings. The molecule has 4 N–H and O–H groups in total. The van der Waals surface area contributed by atoms with E-state index in [2.05, 4.69) is 54.9 Å². The first-order chi connectivity index (χ1) is 14.7. The van der Waals surface area contributed by atoms with Crippen molar-refractivity contribution in [3.05, 3.63) is 60.2 Å². The van der Waals surface area contributed by atoms with Crippen molar-refractivity contribution in [2.45, 2.75) is 6.42 Å². The van der Waals surface area contributed by atoms with Crippen LogP contribution in [0.3, 0.4) is 0 Å². The van der Waals surface area contributed by atoms with E-state index in [9.17, 15) is 0 Å². The molecule has 0 radical (unpaired) electrons. The number of nitrogens with one attached hydrogen (secondary N) is 2. The Hall–Kier alpha value is -3.72. The second-order valence-corrected chi connectivity index (χ2v) is 6.71. The fourth-order valence-corrected chi connectivity index (χ4v) is 3.00. The minimum atomic E-state index is 0.240. The molecule has 2 aromatic carbocycles. The minimum absolute atomic E-state index is 0.240. The van der Waals surface area contributed by atoms with Crippen molar-refractivity contribution in [2.24, 2.45) is 0 Å². The predicted octanol–water partition coefficient (Wildman–Crippen LogP) is 2.48. The monoisotopic (exact) mass is 404 g/mol. The third-order valence-electron chi connectivity index (χ3n) is 4.55. The standard InChI is InChI=1S/C21H24N8O/c1-30-14-13-23-17-9-7-15(8-10-17)11-12-24-20-26-19(22)29-21(27-20)25-18(28-29)16-5-3-2-4-6-16/h2-10,23H,11-14H2,1H3,(H3,22,24,25,26,27,28). The molecule has 0 atom stereocenters. The Morgan fingerprint density at radius 2 is 1.73 bits per heavy atom. The Labute approximate surface area is 174 Å². The molecule has 2 heterocycles. The first kappa shape index (κ1) is 19.6. The molecule has 4 rings (SSSR count). The molecule has 154 valence electrons. The number of hydrogen-bond acceptors (Lipinski definition) is 8.